The number of ether oxygens (including phenoxy) is 1. The lowest BCUT2D eigenvalue weighted by molar-refractivity contribution is 0.0692. The Balaban J connectivity index is 2.29. The lowest BCUT2D eigenvalue weighted by atomic mass is 10.1. The highest BCUT2D eigenvalue weighted by molar-refractivity contribution is 5.91. The number of nitriles is 1. The van der Waals surface area contributed by atoms with E-state index in [4.69, 9.17) is 19.6 Å². The second-order valence-electron chi connectivity index (χ2n) is 4.22. The van der Waals surface area contributed by atoms with Crippen LogP contribution in [0.1, 0.15) is 32.9 Å². The monoisotopic (exact) mass is 272 g/mol. The summed E-state index contributed by atoms with van der Waals surface area (Å²) >= 11 is 0. The minimum absolute atomic E-state index is 0.00996. The van der Waals surface area contributed by atoms with Crippen LogP contribution < -0.4 is 4.74 Å². The predicted octanol–water partition coefficient (Wildman–Crippen LogP) is 2.44. The standard InChI is InChI=1S/C14H12N2O4/c1-8-12(9(2)20-16-8)7-19-13-5-10(6-15)3-4-11(13)14(17)18/h3-5H,7H2,1-2H3,(H,17,18). The zero-order valence-electron chi connectivity index (χ0n) is 11.0. The number of hydrogen-bond acceptors (Lipinski definition) is 5. The molecular formula is C14H12N2O4. The molecule has 0 aliphatic heterocycles. The van der Waals surface area contributed by atoms with Gasteiger partial charge in [-0.05, 0) is 32.0 Å². The second kappa shape index (κ2) is 5.45. The van der Waals surface area contributed by atoms with E-state index < -0.39 is 5.97 Å². The van der Waals surface area contributed by atoms with Crippen LogP contribution in [0.3, 0.4) is 0 Å². The number of rotatable bonds is 4. The van der Waals surface area contributed by atoms with Gasteiger partial charge < -0.3 is 14.4 Å². The fraction of sp³-hybridized carbons (Fsp3) is 0.214. The van der Waals surface area contributed by atoms with Gasteiger partial charge >= 0.3 is 5.97 Å². The molecule has 0 aliphatic carbocycles. The largest absolute Gasteiger partial charge is 0.488 e. The van der Waals surface area contributed by atoms with E-state index >= 15 is 0 Å². The Morgan fingerprint density at radius 2 is 2.25 bits per heavy atom. The van der Waals surface area contributed by atoms with Gasteiger partial charge in [0.25, 0.3) is 0 Å². The molecule has 0 aliphatic rings. The molecule has 6 nitrogen and oxygen atoms in total. The Morgan fingerprint density at radius 1 is 1.50 bits per heavy atom. The molecule has 20 heavy (non-hydrogen) atoms. The summed E-state index contributed by atoms with van der Waals surface area (Å²) in [5.41, 5.74) is 1.80. The fourth-order valence-corrected chi connectivity index (χ4v) is 1.75. The summed E-state index contributed by atoms with van der Waals surface area (Å²) in [6, 6.07) is 6.14. The molecule has 0 saturated carbocycles. The SMILES string of the molecule is Cc1noc(C)c1COc1cc(C#N)ccc1C(=O)O. The van der Waals surface area contributed by atoms with E-state index in [0.717, 1.165) is 5.56 Å². The second-order valence-corrected chi connectivity index (χ2v) is 4.22. The zero-order chi connectivity index (χ0) is 14.7. The molecule has 0 amide bonds. The molecular weight excluding hydrogens is 260 g/mol. The summed E-state index contributed by atoms with van der Waals surface area (Å²) in [6.07, 6.45) is 0. The lowest BCUT2D eigenvalue weighted by Crippen LogP contribution is -2.04. The maximum Gasteiger partial charge on any atom is 0.339 e. The number of benzene rings is 1. The molecule has 0 bridgehead atoms. The van der Waals surface area contributed by atoms with Crippen LogP contribution >= 0.6 is 0 Å². The van der Waals surface area contributed by atoms with Gasteiger partial charge in [-0.1, -0.05) is 5.16 Å². The Labute approximate surface area is 115 Å². The molecule has 0 fully saturated rings. The quantitative estimate of drug-likeness (QED) is 0.918. The van der Waals surface area contributed by atoms with Crippen LogP contribution in [-0.2, 0) is 6.61 Å². The van der Waals surface area contributed by atoms with Gasteiger partial charge in [0.05, 0.1) is 22.9 Å². The average Bonchev–Trinajstić information content (AvgIpc) is 2.75. The van der Waals surface area contributed by atoms with E-state index in [1.54, 1.807) is 13.8 Å². The molecule has 1 N–H and O–H groups in total. The van der Waals surface area contributed by atoms with Crippen molar-refractivity contribution < 1.29 is 19.2 Å². The van der Waals surface area contributed by atoms with E-state index in [9.17, 15) is 4.79 Å². The van der Waals surface area contributed by atoms with Crippen LogP contribution in [0.15, 0.2) is 22.7 Å². The van der Waals surface area contributed by atoms with Crippen LogP contribution in [0.2, 0.25) is 0 Å². The Hall–Kier alpha value is -2.81. The van der Waals surface area contributed by atoms with Crippen molar-refractivity contribution in [1.29, 1.82) is 5.26 Å². The topological polar surface area (TPSA) is 96.4 Å². The minimum Gasteiger partial charge on any atom is -0.488 e. The van der Waals surface area contributed by atoms with Crippen LogP contribution in [0, 0.1) is 25.2 Å². The number of hydrogen-bond donors (Lipinski definition) is 1. The van der Waals surface area contributed by atoms with Crippen molar-refractivity contribution in [3.63, 3.8) is 0 Å². The summed E-state index contributed by atoms with van der Waals surface area (Å²) < 4.78 is 10.5. The first-order valence-corrected chi connectivity index (χ1v) is 5.85. The van der Waals surface area contributed by atoms with Crippen LogP contribution in [0.25, 0.3) is 0 Å². The molecule has 0 unspecified atom stereocenters. The lowest BCUT2D eigenvalue weighted by Gasteiger charge is -2.09. The van der Waals surface area contributed by atoms with Crippen molar-refractivity contribution in [1.82, 2.24) is 5.16 Å². The minimum atomic E-state index is -1.11. The molecule has 6 heteroatoms. The first-order valence-electron chi connectivity index (χ1n) is 5.85. The number of carbonyl (C=O) groups is 1. The predicted molar refractivity (Wildman–Crippen MR) is 68.4 cm³/mol. The Kier molecular flexibility index (Phi) is 3.71. The summed E-state index contributed by atoms with van der Waals surface area (Å²) in [5, 5.41) is 21.8. The van der Waals surface area contributed by atoms with Gasteiger partial charge in [-0.3, -0.25) is 0 Å². The zero-order valence-corrected chi connectivity index (χ0v) is 11.0. The van der Waals surface area contributed by atoms with Crippen molar-refractivity contribution in [2.24, 2.45) is 0 Å². The molecule has 0 atom stereocenters. The first kappa shape index (κ1) is 13.6. The van der Waals surface area contributed by atoms with Crippen LogP contribution in [-0.4, -0.2) is 16.2 Å². The Bertz CT molecular complexity index is 678. The van der Waals surface area contributed by atoms with Gasteiger partial charge in [-0.2, -0.15) is 5.26 Å². The smallest absolute Gasteiger partial charge is 0.339 e. The van der Waals surface area contributed by atoms with E-state index in [1.807, 2.05) is 6.07 Å². The maximum atomic E-state index is 11.1. The number of aryl methyl sites for hydroxylation is 2. The van der Waals surface area contributed by atoms with Crippen molar-refractivity contribution in [2.45, 2.75) is 20.5 Å². The molecule has 1 aromatic carbocycles. The molecule has 0 saturated heterocycles. The van der Waals surface area contributed by atoms with Gasteiger partial charge in [0, 0.05) is 0 Å². The van der Waals surface area contributed by atoms with Gasteiger partial charge in [-0.25, -0.2) is 4.79 Å². The third-order valence-corrected chi connectivity index (χ3v) is 2.89. The highest BCUT2D eigenvalue weighted by Crippen LogP contribution is 2.23. The molecule has 2 rings (SSSR count). The molecule has 0 spiro atoms. The van der Waals surface area contributed by atoms with Crippen LogP contribution in [0.5, 0.6) is 5.75 Å². The number of aromatic nitrogens is 1. The molecule has 102 valence electrons. The average molecular weight is 272 g/mol. The maximum absolute atomic E-state index is 11.1. The van der Waals surface area contributed by atoms with Gasteiger partial charge in [0.2, 0.25) is 0 Å². The highest BCUT2D eigenvalue weighted by Gasteiger charge is 2.15. The molecule has 2 aromatic rings. The van der Waals surface area contributed by atoms with Crippen LogP contribution in [0.4, 0.5) is 0 Å². The van der Waals surface area contributed by atoms with E-state index in [1.165, 1.54) is 18.2 Å². The molecule has 0 radical (unpaired) electrons. The summed E-state index contributed by atoms with van der Waals surface area (Å²) in [5.74, 6) is -0.337. The van der Waals surface area contributed by atoms with E-state index in [-0.39, 0.29) is 17.9 Å². The number of nitrogens with zero attached hydrogens (tertiary/aromatic N) is 2. The number of aromatic carboxylic acids is 1. The third-order valence-electron chi connectivity index (χ3n) is 2.89. The number of carboxylic acids is 1. The van der Waals surface area contributed by atoms with Gasteiger partial charge in [0.15, 0.2) is 0 Å². The van der Waals surface area contributed by atoms with Crippen molar-refractivity contribution in [3.05, 3.63) is 46.3 Å². The van der Waals surface area contributed by atoms with Crippen molar-refractivity contribution in [3.8, 4) is 11.8 Å². The third kappa shape index (κ3) is 2.62. The fourth-order valence-electron chi connectivity index (χ4n) is 1.75. The summed E-state index contributed by atoms with van der Waals surface area (Å²) in [4.78, 5) is 11.1. The van der Waals surface area contributed by atoms with Crippen molar-refractivity contribution >= 4 is 5.97 Å². The first-order chi connectivity index (χ1) is 9.52. The molecule has 1 aromatic heterocycles. The van der Waals surface area contributed by atoms with E-state index in [2.05, 4.69) is 5.16 Å². The van der Waals surface area contributed by atoms with Crippen molar-refractivity contribution in [2.75, 3.05) is 0 Å². The number of carboxylic acid groups (broad SMARTS) is 1. The summed E-state index contributed by atoms with van der Waals surface area (Å²) in [7, 11) is 0. The normalized spacial score (nSPS) is 10.1. The Morgan fingerprint density at radius 3 is 2.80 bits per heavy atom. The highest BCUT2D eigenvalue weighted by atomic mass is 16.5. The summed E-state index contributed by atoms with van der Waals surface area (Å²) in [6.45, 7) is 3.66. The van der Waals surface area contributed by atoms with Gasteiger partial charge in [-0.15, -0.1) is 0 Å². The van der Waals surface area contributed by atoms with E-state index in [0.29, 0.717) is 17.0 Å². The molecule has 1 heterocycles. The van der Waals surface area contributed by atoms with Gasteiger partial charge in [0.1, 0.15) is 23.7 Å².